The Morgan fingerprint density at radius 2 is 1.76 bits per heavy atom. The Morgan fingerprint density at radius 3 is 2.68 bits per heavy atom. The number of anilines is 1. The maximum absolute atomic E-state index is 4.89. The van der Waals surface area contributed by atoms with Gasteiger partial charge in [0.15, 0.2) is 11.5 Å². The number of fused-ring (bicyclic) bond motifs is 2. The molecule has 2 fully saturated rings. The Bertz CT molecular complexity index is 874. The first-order valence-electron chi connectivity index (χ1n) is 9.15. The van der Waals surface area contributed by atoms with Gasteiger partial charge in [-0.05, 0) is 37.9 Å². The van der Waals surface area contributed by atoms with Crippen molar-refractivity contribution >= 4 is 11.5 Å². The minimum atomic E-state index is 0.675. The van der Waals surface area contributed by atoms with E-state index in [0.717, 1.165) is 35.9 Å². The van der Waals surface area contributed by atoms with Crippen LogP contribution in [0, 0.1) is 0 Å². The van der Waals surface area contributed by atoms with Gasteiger partial charge in [-0.15, -0.1) is 15.3 Å². The lowest BCUT2D eigenvalue weighted by Gasteiger charge is -2.26. The molecule has 1 aromatic carbocycles. The average Bonchev–Trinajstić information content (AvgIpc) is 3.23. The van der Waals surface area contributed by atoms with Gasteiger partial charge in [0.1, 0.15) is 5.82 Å². The third kappa shape index (κ3) is 2.66. The van der Waals surface area contributed by atoms with E-state index < -0.39 is 0 Å². The molecule has 0 radical (unpaired) electrons. The highest BCUT2D eigenvalue weighted by Crippen LogP contribution is 2.25. The first kappa shape index (κ1) is 14.8. The normalized spacial score (nSPS) is 21.4. The largest absolute Gasteiger partial charge is 0.354 e. The molecule has 0 amide bonds. The number of aromatic nitrogens is 4. The van der Waals surface area contributed by atoms with Gasteiger partial charge in [-0.2, -0.15) is 4.52 Å². The van der Waals surface area contributed by atoms with Crippen molar-refractivity contribution in [3.8, 4) is 11.4 Å². The molecular formula is C19H22N6. The van der Waals surface area contributed by atoms with E-state index in [1.54, 1.807) is 0 Å². The zero-order chi connectivity index (χ0) is 16.6. The minimum Gasteiger partial charge on any atom is -0.354 e. The summed E-state index contributed by atoms with van der Waals surface area (Å²) in [5.41, 5.74) is 1.83. The van der Waals surface area contributed by atoms with Gasteiger partial charge in [0.2, 0.25) is 0 Å². The predicted molar refractivity (Wildman–Crippen MR) is 97.6 cm³/mol. The number of hydrogen-bond donors (Lipinski definition) is 0. The molecule has 1 unspecified atom stereocenters. The lowest BCUT2D eigenvalue weighted by molar-refractivity contribution is 0.273. The van der Waals surface area contributed by atoms with Crippen LogP contribution >= 0.6 is 0 Å². The number of rotatable bonds is 2. The van der Waals surface area contributed by atoms with Crippen molar-refractivity contribution in [1.29, 1.82) is 0 Å². The molecule has 0 saturated carbocycles. The molecule has 2 saturated heterocycles. The fraction of sp³-hybridized carbons (Fsp3) is 0.421. The van der Waals surface area contributed by atoms with E-state index in [1.165, 1.54) is 32.4 Å². The molecular weight excluding hydrogens is 312 g/mol. The summed E-state index contributed by atoms with van der Waals surface area (Å²) in [6.07, 6.45) is 3.83. The van der Waals surface area contributed by atoms with Gasteiger partial charge in [0, 0.05) is 31.2 Å². The first-order valence-corrected chi connectivity index (χ1v) is 9.15. The van der Waals surface area contributed by atoms with Crippen molar-refractivity contribution in [3.63, 3.8) is 0 Å². The van der Waals surface area contributed by atoms with E-state index >= 15 is 0 Å². The van der Waals surface area contributed by atoms with Gasteiger partial charge < -0.3 is 4.90 Å². The van der Waals surface area contributed by atoms with Crippen molar-refractivity contribution in [2.24, 2.45) is 0 Å². The van der Waals surface area contributed by atoms with Crippen molar-refractivity contribution in [1.82, 2.24) is 24.7 Å². The third-order valence-corrected chi connectivity index (χ3v) is 5.41. The molecule has 2 aliphatic rings. The molecule has 6 heteroatoms. The number of nitrogens with zero attached hydrogens (tertiary/aromatic N) is 6. The van der Waals surface area contributed by atoms with Crippen LogP contribution in [0.15, 0.2) is 42.5 Å². The second kappa shape index (κ2) is 6.11. The molecule has 5 rings (SSSR count). The number of hydrogen-bond acceptors (Lipinski definition) is 5. The van der Waals surface area contributed by atoms with Crippen LogP contribution in [0.1, 0.15) is 19.3 Å². The van der Waals surface area contributed by atoms with Crippen LogP contribution in [0.25, 0.3) is 17.0 Å². The van der Waals surface area contributed by atoms with Gasteiger partial charge in [-0.3, -0.25) is 4.90 Å². The van der Waals surface area contributed by atoms with E-state index in [1.807, 2.05) is 40.9 Å². The summed E-state index contributed by atoms with van der Waals surface area (Å²) in [6.45, 7) is 4.61. The van der Waals surface area contributed by atoms with Crippen molar-refractivity contribution < 1.29 is 0 Å². The maximum atomic E-state index is 4.89. The molecule has 2 aliphatic heterocycles. The number of benzene rings is 1. The van der Waals surface area contributed by atoms with Gasteiger partial charge >= 0.3 is 0 Å². The van der Waals surface area contributed by atoms with Gasteiger partial charge in [-0.25, -0.2) is 0 Å². The van der Waals surface area contributed by atoms with E-state index in [2.05, 4.69) is 26.1 Å². The second-order valence-corrected chi connectivity index (χ2v) is 6.98. The Morgan fingerprint density at radius 1 is 0.880 bits per heavy atom. The zero-order valence-electron chi connectivity index (χ0n) is 14.3. The molecule has 0 N–H and O–H groups in total. The first-order chi connectivity index (χ1) is 12.4. The Hall–Kier alpha value is -2.47. The average molecular weight is 334 g/mol. The topological polar surface area (TPSA) is 49.6 Å². The van der Waals surface area contributed by atoms with Crippen molar-refractivity contribution in [2.45, 2.75) is 25.3 Å². The van der Waals surface area contributed by atoms with Gasteiger partial charge in [0.25, 0.3) is 0 Å². The lowest BCUT2D eigenvalue weighted by atomic mass is 10.2. The summed E-state index contributed by atoms with van der Waals surface area (Å²) in [4.78, 5) is 5.08. The van der Waals surface area contributed by atoms with Gasteiger partial charge in [0.05, 0.1) is 0 Å². The quantitative estimate of drug-likeness (QED) is 0.720. The molecule has 128 valence electrons. The Kier molecular flexibility index (Phi) is 3.63. The smallest absolute Gasteiger partial charge is 0.185 e. The summed E-state index contributed by atoms with van der Waals surface area (Å²) in [7, 11) is 0. The highest BCUT2D eigenvalue weighted by Gasteiger charge is 2.29. The van der Waals surface area contributed by atoms with E-state index in [9.17, 15) is 0 Å². The van der Waals surface area contributed by atoms with Crippen LogP contribution in [0.3, 0.4) is 0 Å². The Balaban J connectivity index is 1.51. The summed E-state index contributed by atoms with van der Waals surface area (Å²) >= 11 is 0. The molecule has 0 spiro atoms. The van der Waals surface area contributed by atoms with E-state index in [4.69, 9.17) is 5.10 Å². The summed E-state index contributed by atoms with van der Waals surface area (Å²) in [5, 5.41) is 13.5. The monoisotopic (exact) mass is 334 g/mol. The molecule has 2 aromatic heterocycles. The standard InChI is InChI=1S/C19H22N6/c1-2-6-15(7-3-1)19-21-20-17-9-10-18(22-25(17)19)24-13-5-12-23-11-4-8-16(23)14-24/h1-3,6-7,9-10,16H,4-5,8,11-14H2. The van der Waals surface area contributed by atoms with Crippen molar-refractivity contribution in [2.75, 3.05) is 31.1 Å². The Labute approximate surface area is 147 Å². The molecule has 25 heavy (non-hydrogen) atoms. The maximum Gasteiger partial charge on any atom is 0.185 e. The predicted octanol–water partition coefficient (Wildman–Crippen LogP) is 2.47. The van der Waals surface area contributed by atoms with E-state index in [-0.39, 0.29) is 0 Å². The molecule has 3 aromatic rings. The lowest BCUT2D eigenvalue weighted by Crippen LogP contribution is -2.37. The second-order valence-electron chi connectivity index (χ2n) is 6.98. The van der Waals surface area contributed by atoms with Gasteiger partial charge in [-0.1, -0.05) is 30.3 Å². The fourth-order valence-electron chi connectivity index (χ4n) is 4.13. The fourth-order valence-corrected chi connectivity index (χ4v) is 4.13. The molecule has 4 heterocycles. The molecule has 0 bridgehead atoms. The van der Waals surface area contributed by atoms with E-state index in [0.29, 0.717) is 6.04 Å². The van der Waals surface area contributed by atoms with Crippen molar-refractivity contribution in [3.05, 3.63) is 42.5 Å². The van der Waals surface area contributed by atoms with Crippen LogP contribution in [0.2, 0.25) is 0 Å². The van der Waals surface area contributed by atoms with Crippen LogP contribution in [0.5, 0.6) is 0 Å². The van der Waals surface area contributed by atoms with Crippen LogP contribution in [-0.2, 0) is 0 Å². The molecule has 6 nitrogen and oxygen atoms in total. The minimum absolute atomic E-state index is 0.675. The van der Waals surface area contributed by atoms with Crippen LogP contribution in [0.4, 0.5) is 5.82 Å². The molecule has 1 atom stereocenters. The highest BCUT2D eigenvalue weighted by molar-refractivity contribution is 5.59. The molecule has 0 aliphatic carbocycles. The third-order valence-electron chi connectivity index (χ3n) is 5.41. The van der Waals surface area contributed by atoms with Crippen LogP contribution in [-0.4, -0.2) is 56.9 Å². The summed E-state index contributed by atoms with van der Waals surface area (Å²) < 4.78 is 1.88. The SMILES string of the molecule is c1ccc(-c2nnc3ccc(N4CCCN5CCCC5C4)nn23)cc1. The zero-order valence-corrected chi connectivity index (χ0v) is 14.3. The highest BCUT2D eigenvalue weighted by atomic mass is 15.4. The summed E-state index contributed by atoms with van der Waals surface area (Å²) in [5.74, 6) is 1.83. The van der Waals surface area contributed by atoms with Crippen LogP contribution < -0.4 is 4.90 Å². The summed E-state index contributed by atoms with van der Waals surface area (Å²) in [6, 6.07) is 14.9.